The lowest BCUT2D eigenvalue weighted by Crippen LogP contribution is -2.43. The molecule has 3 atom stereocenters. The average Bonchev–Trinajstić information content (AvgIpc) is 2.36. The van der Waals surface area contributed by atoms with Gasteiger partial charge in [-0.3, -0.25) is 14.2 Å². The Hall–Kier alpha value is -1.27. The van der Waals surface area contributed by atoms with E-state index in [1.165, 1.54) is 6.92 Å². The van der Waals surface area contributed by atoms with Gasteiger partial charge in [-0.25, -0.2) is 0 Å². The number of ketones is 1. The number of rotatable bonds is 7. The molecule has 7 nitrogen and oxygen atoms in total. The van der Waals surface area contributed by atoms with Crippen molar-refractivity contribution in [3.8, 4) is 0 Å². The predicted molar refractivity (Wildman–Crippen MR) is 76.6 cm³/mol. The van der Waals surface area contributed by atoms with Crippen molar-refractivity contribution in [1.29, 1.82) is 0 Å². The van der Waals surface area contributed by atoms with Gasteiger partial charge in [0.15, 0.2) is 0 Å². The smallest absolute Gasteiger partial charge is 0.326 e. The molecule has 0 bridgehead atoms. The summed E-state index contributed by atoms with van der Waals surface area (Å²) >= 11 is 0. The summed E-state index contributed by atoms with van der Waals surface area (Å²) in [6, 6.07) is -1.22. The molecule has 0 aliphatic heterocycles. The number of hydrogen-bond donors (Lipinski definition) is 4. The van der Waals surface area contributed by atoms with E-state index in [0.29, 0.717) is 0 Å². The van der Waals surface area contributed by atoms with E-state index in [9.17, 15) is 14.2 Å². The summed E-state index contributed by atoms with van der Waals surface area (Å²) in [5.74, 6) is -2.50. The normalized spacial score (nSPS) is 24.6. The molecular formula is C13H20NO6P. The number of aliphatic carboxylic acids is 1. The van der Waals surface area contributed by atoms with Crippen LogP contribution in [0.1, 0.15) is 19.8 Å². The predicted octanol–water partition coefficient (Wildman–Crippen LogP) is 0.674. The van der Waals surface area contributed by atoms with Crippen LogP contribution in [0.5, 0.6) is 0 Å². The molecule has 0 saturated carbocycles. The highest BCUT2D eigenvalue weighted by molar-refractivity contribution is 7.51. The molecular weight excluding hydrogens is 297 g/mol. The summed E-state index contributed by atoms with van der Waals surface area (Å²) in [6.45, 7) is 1.43. The van der Waals surface area contributed by atoms with Gasteiger partial charge in [0.1, 0.15) is 11.8 Å². The molecule has 0 radical (unpaired) electrons. The molecule has 8 heteroatoms. The van der Waals surface area contributed by atoms with Crippen LogP contribution in [0.15, 0.2) is 24.3 Å². The highest BCUT2D eigenvalue weighted by atomic mass is 31.2. The maximum Gasteiger partial charge on any atom is 0.326 e. The molecule has 21 heavy (non-hydrogen) atoms. The van der Waals surface area contributed by atoms with Gasteiger partial charge >= 0.3 is 13.6 Å². The van der Waals surface area contributed by atoms with Crippen molar-refractivity contribution in [1.82, 2.24) is 0 Å². The number of Topliss-reactive ketones (excluding diaryl/α,β-unsaturated/α-hetero) is 1. The first-order valence-corrected chi connectivity index (χ1v) is 8.29. The maximum atomic E-state index is 12.6. The number of carbonyl (C=O) groups is 2. The zero-order valence-corrected chi connectivity index (χ0v) is 12.6. The summed E-state index contributed by atoms with van der Waals surface area (Å²) in [6.07, 6.45) is 6.26. The molecule has 0 aromatic rings. The van der Waals surface area contributed by atoms with Crippen LogP contribution in [0.3, 0.4) is 0 Å². The first-order chi connectivity index (χ1) is 9.57. The fraction of sp³-hybridized carbons (Fsp3) is 0.538. The van der Waals surface area contributed by atoms with Crippen molar-refractivity contribution < 1.29 is 29.0 Å². The van der Waals surface area contributed by atoms with Crippen LogP contribution >= 0.6 is 7.60 Å². The van der Waals surface area contributed by atoms with Crippen molar-refractivity contribution in [2.24, 2.45) is 17.1 Å². The average molecular weight is 317 g/mol. The Morgan fingerprint density at radius 3 is 2.43 bits per heavy atom. The monoisotopic (exact) mass is 317 g/mol. The van der Waals surface area contributed by atoms with E-state index in [-0.39, 0.29) is 12.8 Å². The van der Waals surface area contributed by atoms with E-state index < -0.39 is 42.9 Å². The molecule has 1 aliphatic rings. The molecule has 0 heterocycles. The van der Waals surface area contributed by atoms with Gasteiger partial charge in [0.05, 0.1) is 11.6 Å². The number of hydrogen-bond acceptors (Lipinski definition) is 4. The third-order valence-corrected chi connectivity index (χ3v) is 4.52. The minimum absolute atomic E-state index is 0.104. The molecule has 118 valence electrons. The highest BCUT2D eigenvalue weighted by Gasteiger charge is 2.42. The number of allylic oxidation sites excluding steroid dienone is 4. The van der Waals surface area contributed by atoms with Crippen molar-refractivity contribution in [2.75, 3.05) is 6.16 Å². The van der Waals surface area contributed by atoms with Gasteiger partial charge in [-0.15, -0.1) is 0 Å². The lowest BCUT2D eigenvalue weighted by Gasteiger charge is -2.33. The molecule has 0 amide bonds. The van der Waals surface area contributed by atoms with Gasteiger partial charge < -0.3 is 20.6 Å². The fourth-order valence-corrected chi connectivity index (χ4v) is 3.39. The Labute approximate surface area is 122 Å². The van der Waals surface area contributed by atoms with Gasteiger partial charge in [-0.1, -0.05) is 31.2 Å². The Morgan fingerprint density at radius 1 is 1.38 bits per heavy atom. The molecule has 0 spiro atoms. The van der Waals surface area contributed by atoms with Gasteiger partial charge in [0.2, 0.25) is 0 Å². The Kier molecular flexibility index (Phi) is 5.64. The van der Waals surface area contributed by atoms with Crippen LogP contribution in [0.2, 0.25) is 0 Å². The van der Waals surface area contributed by atoms with Crippen LogP contribution in [0.25, 0.3) is 0 Å². The number of carboxylic acid groups (broad SMARTS) is 1. The van der Waals surface area contributed by atoms with Gasteiger partial charge in [0, 0.05) is 5.92 Å². The van der Waals surface area contributed by atoms with Crippen LogP contribution in [-0.4, -0.2) is 38.8 Å². The van der Waals surface area contributed by atoms with Crippen molar-refractivity contribution in [2.45, 2.75) is 25.8 Å². The Morgan fingerprint density at radius 2 is 2.00 bits per heavy atom. The second-order valence-electron chi connectivity index (χ2n) is 5.41. The first kappa shape index (κ1) is 17.8. The molecule has 0 aromatic carbocycles. The van der Waals surface area contributed by atoms with Crippen LogP contribution in [-0.2, 0) is 14.2 Å². The zero-order chi connectivity index (χ0) is 16.3. The summed E-state index contributed by atoms with van der Waals surface area (Å²) in [5.41, 5.74) is 4.41. The Bertz CT molecular complexity index is 523. The lowest BCUT2D eigenvalue weighted by atomic mass is 9.70. The third-order valence-electron chi connectivity index (χ3n) is 3.50. The molecule has 1 aliphatic carbocycles. The standard InChI is InChI=1S/C13H20NO6P/c1-9(8-21(18,19)20)11(15)13(5-3-2-4-6-13)7-10(14)12(16)17/h2-5,9-10H,6-8,14H2,1H3,(H,16,17)(H2,18,19,20)/t9?,10-,13?/m0/s1. The summed E-state index contributed by atoms with van der Waals surface area (Å²) in [5, 5.41) is 8.93. The van der Waals surface area contributed by atoms with Crippen molar-refractivity contribution in [3.05, 3.63) is 24.3 Å². The molecule has 0 saturated heterocycles. The van der Waals surface area contributed by atoms with Gasteiger partial charge in [-0.05, 0) is 12.8 Å². The van der Waals surface area contributed by atoms with E-state index in [1.807, 2.05) is 0 Å². The van der Waals surface area contributed by atoms with E-state index in [4.69, 9.17) is 20.6 Å². The van der Waals surface area contributed by atoms with Crippen LogP contribution in [0.4, 0.5) is 0 Å². The van der Waals surface area contributed by atoms with Crippen molar-refractivity contribution >= 4 is 19.3 Å². The number of nitrogens with two attached hydrogens (primary N) is 1. The van der Waals surface area contributed by atoms with E-state index >= 15 is 0 Å². The highest BCUT2D eigenvalue weighted by Crippen LogP contribution is 2.42. The van der Waals surface area contributed by atoms with E-state index in [1.54, 1.807) is 24.3 Å². The largest absolute Gasteiger partial charge is 0.480 e. The first-order valence-electron chi connectivity index (χ1n) is 6.49. The molecule has 1 rings (SSSR count). The third kappa shape index (κ3) is 4.89. The molecule has 2 unspecified atom stereocenters. The fourth-order valence-electron chi connectivity index (χ4n) is 2.51. The van der Waals surface area contributed by atoms with Crippen LogP contribution < -0.4 is 5.73 Å². The maximum absolute atomic E-state index is 12.6. The Balaban J connectivity index is 3.00. The van der Waals surface area contributed by atoms with Crippen molar-refractivity contribution in [3.63, 3.8) is 0 Å². The molecule has 0 fully saturated rings. The molecule has 5 N–H and O–H groups in total. The van der Waals surface area contributed by atoms with Crippen LogP contribution in [0, 0.1) is 11.3 Å². The zero-order valence-electron chi connectivity index (χ0n) is 11.7. The summed E-state index contributed by atoms with van der Waals surface area (Å²) in [4.78, 5) is 41.5. The number of carbonyl (C=O) groups excluding carboxylic acids is 1. The number of carboxylic acids is 1. The minimum Gasteiger partial charge on any atom is -0.480 e. The second-order valence-corrected chi connectivity index (χ2v) is 7.10. The summed E-state index contributed by atoms with van der Waals surface area (Å²) < 4.78 is 11.1. The van der Waals surface area contributed by atoms with Gasteiger partial charge in [-0.2, -0.15) is 0 Å². The quantitative estimate of drug-likeness (QED) is 0.506. The molecule has 0 aromatic heterocycles. The summed E-state index contributed by atoms with van der Waals surface area (Å²) in [7, 11) is -4.32. The lowest BCUT2D eigenvalue weighted by molar-refractivity contribution is -0.140. The topological polar surface area (TPSA) is 138 Å². The van der Waals surface area contributed by atoms with Gasteiger partial charge in [0.25, 0.3) is 0 Å². The minimum atomic E-state index is -4.32. The second kappa shape index (κ2) is 6.66. The van der Waals surface area contributed by atoms with E-state index in [0.717, 1.165) is 0 Å². The SMILES string of the molecule is CC(CP(=O)(O)O)C(=O)C1(C[C@H](N)C(=O)O)C=CC=CC1. The van der Waals surface area contributed by atoms with E-state index in [2.05, 4.69) is 0 Å².